The Hall–Kier alpha value is -0.120. The molecule has 3 heteroatoms. The Bertz CT molecular complexity index is 58.7. The van der Waals surface area contributed by atoms with Crippen molar-refractivity contribution in [1.29, 1.82) is 0 Å². The van der Waals surface area contributed by atoms with Crippen molar-refractivity contribution in [2.75, 3.05) is 27.2 Å². The molecule has 0 atom stereocenters. The molecule has 1 fully saturated rings. The van der Waals surface area contributed by atoms with E-state index in [4.69, 9.17) is 4.94 Å². The summed E-state index contributed by atoms with van der Waals surface area (Å²) in [7, 11) is 3.84. The van der Waals surface area contributed by atoms with Gasteiger partial charge in [-0.25, -0.2) is 4.94 Å². The number of hydrogen-bond donors (Lipinski definition) is 0. The summed E-state index contributed by atoms with van der Waals surface area (Å²) in [4.78, 5) is 5.03. The minimum Gasteiger partial charge on any atom is -0.209 e. The van der Waals surface area contributed by atoms with Gasteiger partial charge in [-0.3, -0.25) is 0 Å². The quantitative estimate of drug-likeness (QED) is 0.418. The van der Waals surface area contributed by atoms with Crippen LogP contribution in [0.1, 0.15) is 0 Å². The molecule has 1 aliphatic rings. The molecular weight excluding hydrogens is 92.1 g/mol. The van der Waals surface area contributed by atoms with E-state index in [-0.39, 0.29) is 0 Å². The highest BCUT2D eigenvalue weighted by Crippen LogP contribution is 1.98. The highest BCUT2D eigenvalue weighted by Gasteiger charge is 2.11. The lowest BCUT2D eigenvalue weighted by atomic mass is 10.6. The van der Waals surface area contributed by atoms with Crippen LogP contribution in [-0.2, 0) is 4.94 Å². The zero-order valence-electron chi connectivity index (χ0n) is 4.72. The minimum absolute atomic E-state index is 1.01. The minimum atomic E-state index is 1.01. The fourth-order valence-electron chi connectivity index (χ4n) is 0.601. The average molecular weight is 102 g/mol. The van der Waals surface area contributed by atoms with Gasteiger partial charge in [0.1, 0.15) is 0 Å². The molecule has 0 radical (unpaired) electrons. The molecule has 7 heavy (non-hydrogen) atoms. The fourth-order valence-corrected chi connectivity index (χ4v) is 0.601. The number of rotatable bonds is 0. The third-order valence-electron chi connectivity index (χ3n) is 1.01. The standard InChI is InChI=1S/C4H10N2O/c1-5-3-4-6(2)7-5/h3-4H2,1-2H3. The molecule has 0 aliphatic carbocycles. The van der Waals surface area contributed by atoms with E-state index in [1.54, 1.807) is 10.1 Å². The van der Waals surface area contributed by atoms with Crippen molar-refractivity contribution in [2.24, 2.45) is 0 Å². The first-order valence-corrected chi connectivity index (χ1v) is 2.39. The monoisotopic (exact) mass is 102 g/mol. The molecule has 0 bridgehead atoms. The maximum absolute atomic E-state index is 5.03. The van der Waals surface area contributed by atoms with Gasteiger partial charge in [-0.05, 0) is 0 Å². The summed E-state index contributed by atoms with van der Waals surface area (Å²) in [6.07, 6.45) is 0. The Balaban J connectivity index is 2.26. The summed E-state index contributed by atoms with van der Waals surface area (Å²) in [6.45, 7) is 2.02. The molecule has 1 aliphatic heterocycles. The largest absolute Gasteiger partial charge is 0.209 e. The summed E-state index contributed by atoms with van der Waals surface area (Å²) >= 11 is 0. The van der Waals surface area contributed by atoms with Gasteiger partial charge in [0.15, 0.2) is 0 Å². The van der Waals surface area contributed by atoms with E-state index in [2.05, 4.69) is 0 Å². The lowest BCUT2D eigenvalue weighted by molar-refractivity contribution is -0.246. The summed E-state index contributed by atoms with van der Waals surface area (Å²) in [6, 6.07) is 0. The van der Waals surface area contributed by atoms with Crippen LogP contribution in [0.4, 0.5) is 0 Å². The van der Waals surface area contributed by atoms with Crippen molar-refractivity contribution in [1.82, 2.24) is 10.1 Å². The number of hydrogen-bond acceptors (Lipinski definition) is 3. The molecule has 0 saturated carbocycles. The SMILES string of the molecule is CN1CCN(C)O1. The van der Waals surface area contributed by atoms with Crippen molar-refractivity contribution < 1.29 is 4.94 Å². The predicted molar refractivity (Wildman–Crippen MR) is 26.3 cm³/mol. The molecule has 42 valence electrons. The van der Waals surface area contributed by atoms with Crippen LogP contribution in [0, 0.1) is 0 Å². The molecule has 1 heterocycles. The van der Waals surface area contributed by atoms with E-state index in [0.29, 0.717) is 0 Å². The molecule has 0 unspecified atom stereocenters. The molecule has 0 N–H and O–H groups in total. The molecular formula is C4H10N2O. The Labute approximate surface area is 43.4 Å². The van der Waals surface area contributed by atoms with Crippen molar-refractivity contribution in [3.05, 3.63) is 0 Å². The average Bonchev–Trinajstić information content (AvgIpc) is 1.87. The molecule has 0 aromatic carbocycles. The Kier molecular flexibility index (Phi) is 1.27. The Morgan fingerprint density at radius 1 is 1.14 bits per heavy atom. The van der Waals surface area contributed by atoms with Crippen molar-refractivity contribution in [3.63, 3.8) is 0 Å². The molecule has 0 aromatic heterocycles. The highest BCUT2D eigenvalue weighted by atomic mass is 16.8. The zero-order chi connectivity index (χ0) is 5.28. The molecule has 0 spiro atoms. The van der Waals surface area contributed by atoms with E-state index in [0.717, 1.165) is 13.1 Å². The van der Waals surface area contributed by atoms with Gasteiger partial charge in [-0.15, -0.1) is 0 Å². The van der Waals surface area contributed by atoms with Gasteiger partial charge >= 0.3 is 0 Å². The van der Waals surface area contributed by atoms with Crippen LogP contribution in [0.2, 0.25) is 0 Å². The number of likely N-dealkylation sites (N-methyl/N-ethyl adjacent to an activating group) is 2. The van der Waals surface area contributed by atoms with Gasteiger partial charge in [0.25, 0.3) is 0 Å². The molecule has 0 amide bonds. The van der Waals surface area contributed by atoms with Crippen LogP contribution in [0.3, 0.4) is 0 Å². The smallest absolute Gasteiger partial charge is 0.0408 e. The maximum Gasteiger partial charge on any atom is 0.0408 e. The van der Waals surface area contributed by atoms with Crippen LogP contribution < -0.4 is 0 Å². The maximum atomic E-state index is 5.03. The normalized spacial score (nSPS) is 26.6. The van der Waals surface area contributed by atoms with E-state index in [1.165, 1.54) is 0 Å². The molecule has 1 rings (SSSR count). The summed E-state index contributed by atoms with van der Waals surface area (Å²) < 4.78 is 0. The van der Waals surface area contributed by atoms with Gasteiger partial charge < -0.3 is 0 Å². The molecule has 3 nitrogen and oxygen atoms in total. The third-order valence-corrected chi connectivity index (χ3v) is 1.01. The Morgan fingerprint density at radius 3 is 1.71 bits per heavy atom. The summed E-state index contributed by atoms with van der Waals surface area (Å²) in [5.41, 5.74) is 0. The van der Waals surface area contributed by atoms with Gasteiger partial charge in [-0.1, -0.05) is 0 Å². The second-order valence-electron chi connectivity index (χ2n) is 1.78. The van der Waals surface area contributed by atoms with Crippen LogP contribution in [-0.4, -0.2) is 37.3 Å². The van der Waals surface area contributed by atoms with Gasteiger partial charge in [0.2, 0.25) is 0 Å². The van der Waals surface area contributed by atoms with E-state index in [9.17, 15) is 0 Å². The molecule has 0 aromatic rings. The van der Waals surface area contributed by atoms with Crippen LogP contribution in [0.5, 0.6) is 0 Å². The van der Waals surface area contributed by atoms with Crippen LogP contribution in [0.25, 0.3) is 0 Å². The second kappa shape index (κ2) is 1.78. The lowest BCUT2D eigenvalue weighted by Gasteiger charge is -2.06. The van der Waals surface area contributed by atoms with E-state index < -0.39 is 0 Å². The first kappa shape index (κ1) is 5.03. The van der Waals surface area contributed by atoms with Crippen LogP contribution >= 0.6 is 0 Å². The van der Waals surface area contributed by atoms with Gasteiger partial charge in [0, 0.05) is 27.2 Å². The Morgan fingerprint density at radius 2 is 1.57 bits per heavy atom. The van der Waals surface area contributed by atoms with Crippen molar-refractivity contribution in [3.8, 4) is 0 Å². The van der Waals surface area contributed by atoms with Gasteiger partial charge in [-0.2, -0.15) is 10.1 Å². The fraction of sp³-hybridized carbons (Fsp3) is 1.00. The number of nitrogens with zero attached hydrogens (tertiary/aromatic N) is 2. The summed E-state index contributed by atoms with van der Waals surface area (Å²) in [5, 5.41) is 3.61. The van der Waals surface area contributed by atoms with Gasteiger partial charge in [0.05, 0.1) is 0 Å². The first-order chi connectivity index (χ1) is 3.29. The van der Waals surface area contributed by atoms with E-state index in [1.807, 2.05) is 14.1 Å². The van der Waals surface area contributed by atoms with Crippen molar-refractivity contribution >= 4 is 0 Å². The van der Waals surface area contributed by atoms with E-state index >= 15 is 0 Å². The summed E-state index contributed by atoms with van der Waals surface area (Å²) in [5.74, 6) is 0. The van der Waals surface area contributed by atoms with Crippen LogP contribution in [0.15, 0.2) is 0 Å². The number of hydroxylamine groups is 4. The second-order valence-corrected chi connectivity index (χ2v) is 1.78. The zero-order valence-corrected chi connectivity index (χ0v) is 4.72. The van der Waals surface area contributed by atoms with Crippen molar-refractivity contribution in [2.45, 2.75) is 0 Å². The first-order valence-electron chi connectivity index (χ1n) is 2.39. The third kappa shape index (κ3) is 1.12. The topological polar surface area (TPSA) is 15.7 Å². The highest BCUT2D eigenvalue weighted by molar-refractivity contribution is 4.46. The lowest BCUT2D eigenvalue weighted by Crippen LogP contribution is -2.14. The molecule has 1 saturated heterocycles. The predicted octanol–water partition coefficient (Wildman–Crippen LogP) is -0.290.